The second-order valence-corrected chi connectivity index (χ2v) is 8.20. The Hall–Kier alpha value is -1.24. The Bertz CT molecular complexity index is 642. The Labute approximate surface area is 141 Å². The van der Waals surface area contributed by atoms with Gasteiger partial charge in [0.25, 0.3) is 0 Å². The molecule has 1 N–H and O–H groups in total. The van der Waals surface area contributed by atoms with Gasteiger partial charge in [0.05, 0.1) is 12.7 Å². The first-order valence-electron chi connectivity index (χ1n) is 8.46. The van der Waals surface area contributed by atoms with Crippen molar-refractivity contribution in [3.8, 4) is 0 Å². The van der Waals surface area contributed by atoms with Crippen LogP contribution < -0.4 is 0 Å². The monoisotopic (exact) mass is 331 g/mol. The molecule has 124 valence electrons. The number of aryl methyl sites for hydroxylation is 1. The van der Waals surface area contributed by atoms with Crippen molar-refractivity contribution in [1.29, 1.82) is 0 Å². The van der Waals surface area contributed by atoms with Gasteiger partial charge in [-0.25, -0.2) is 4.98 Å². The van der Waals surface area contributed by atoms with Crippen LogP contribution in [-0.2, 0) is 13.1 Å². The second-order valence-electron chi connectivity index (χ2n) is 7.22. The summed E-state index contributed by atoms with van der Waals surface area (Å²) in [7, 11) is 2.27. The summed E-state index contributed by atoms with van der Waals surface area (Å²) in [6, 6.07) is 0.754. The summed E-state index contributed by atoms with van der Waals surface area (Å²) in [6.45, 7) is 6.58. The van der Waals surface area contributed by atoms with Crippen molar-refractivity contribution in [3.05, 3.63) is 34.0 Å². The summed E-state index contributed by atoms with van der Waals surface area (Å²) in [5, 5.41) is 10.5. The van der Waals surface area contributed by atoms with E-state index >= 15 is 0 Å². The molecule has 1 aliphatic heterocycles. The van der Waals surface area contributed by atoms with E-state index in [-0.39, 0.29) is 0 Å². The van der Waals surface area contributed by atoms with Crippen LogP contribution in [0.3, 0.4) is 0 Å². The van der Waals surface area contributed by atoms with Crippen LogP contribution >= 0.6 is 11.3 Å². The first kappa shape index (κ1) is 15.3. The van der Waals surface area contributed by atoms with Crippen LogP contribution in [0.15, 0.2) is 17.8 Å². The highest BCUT2D eigenvalue weighted by molar-refractivity contribution is 7.09. The Morgan fingerprint density at radius 2 is 2.26 bits per heavy atom. The minimum Gasteiger partial charge on any atom is -0.299 e. The maximum absolute atomic E-state index is 4.42. The molecule has 1 saturated carbocycles. The van der Waals surface area contributed by atoms with Crippen LogP contribution in [0.5, 0.6) is 0 Å². The van der Waals surface area contributed by atoms with Gasteiger partial charge in [-0.1, -0.05) is 0 Å². The molecule has 3 heterocycles. The summed E-state index contributed by atoms with van der Waals surface area (Å²) >= 11 is 1.77. The SMILES string of the molecule is Cc1[nH]ncc1CN1CCC2(CC1)CC2N(C)Cc1nccs1. The third kappa shape index (κ3) is 3.07. The number of aromatic nitrogens is 3. The van der Waals surface area contributed by atoms with Gasteiger partial charge in [-0.15, -0.1) is 11.3 Å². The highest BCUT2D eigenvalue weighted by Crippen LogP contribution is 2.56. The number of piperidine rings is 1. The van der Waals surface area contributed by atoms with E-state index in [9.17, 15) is 0 Å². The molecule has 2 aliphatic rings. The van der Waals surface area contributed by atoms with E-state index < -0.39 is 0 Å². The number of thiazole rings is 1. The average molecular weight is 331 g/mol. The molecule has 0 bridgehead atoms. The van der Waals surface area contributed by atoms with Crippen molar-refractivity contribution < 1.29 is 0 Å². The number of aromatic amines is 1. The maximum atomic E-state index is 4.42. The molecule has 23 heavy (non-hydrogen) atoms. The fourth-order valence-corrected chi connectivity index (χ4v) is 4.75. The van der Waals surface area contributed by atoms with E-state index in [1.54, 1.807) is 11.3 Å². The lowest BCUT2D eigenvalue weighted by atomic mass is 9.92. The van der Waals surface area contributed by atoms with Crippen molar-refractivity contribution in [3.63, 3.8) is 0 Å². The molecule has 1 spiro atoms. The first-order valence-corrected chi connectivity index (χ1v) is 9.34. The number of likely N-dealkylation sites (tertiary alicyclic amines) is 1. The molecule has 2 aromatic heterocycles. The van der Waals surface area contributed by atoms with Crippen LogP contribution in [0.25, 0.3) is 0 Å². The van der Waals surface area contributed by atoms with Gasteiger partial charge in [0.15, 0.2) is 0 Å². The molecule has 0 aromatic carbocycles. The Morgan fingerprint density at radius 3 is 2.91 bits per heavy atom. The number of hydrogen-bond donors (Lipinski definition) is 1. The number of hydrogen-bond acceptors (Lipinski definition) is 5. The largest absolute Gasteiger partial charge is 0.299 e. The Kier molecular flexibility index (Phi) is 3.99. The molecule has 2 aromatic rings. The van der Waals surface area contributed by atoms with Gasteiger partial charge in [-0.05, 0) is 51.7 Å². The van der Waals surface area contributed by atoms with Gasteiger partial charge in [0.2, 0.25) is 0 Å². The molecule has 2 fully saturated rings. The highest BCUT2D eigenvalue weighted by atomic mass is 32.1. The van der Waals surface area contributed by atoms with Crippen LogP contribution in [-0.4, -0.2) is 51.2 Å². The molecular weight excluding hydrogens is 306 g/mol. The third-order valence-electron chi connectivity index (χ3n) is 5.73. The lowest BCUT2D eigenvalue weighted by Crippen LogP contribution is -2.37. The van der Waals surface area contributed by atoms with Gasteiger partial charge in [0, 0.05) is 35.4 Å². The smallest absolute Gasteiger partial charge is 0.107 e. The summed E-state index contributed by atoms with van der Waals surface area (Å²) in [4.78, 5) is 9.53. The molecule has 1 aliphatic carbocycles. The lowest BCUT2D eigenvalue weighted by molar-refractivity contribution is 0.139. The molecule has 4 rings (SSSR count). The van der Waals surface area contributed by atoms with Gasteiger partial charge in [0.1, 0.15) is 5.01 Å². The average Bonchev–Trinajstić information content (AvgIpc) is 2.88. The van der Waals surface area contributed by atoms with E-state index in [4.69, 9.17) is 0 Å². The fourth-order valence-electron chi connectivity index (χ4n) is 4.07. The quantitative estimate of drug-likeness (QED) is 0.915. The van der Waals surface area contributed by atoms with Crippen LogP contribution in [0.1, 0.15) is 35.5 Å². The number of nitrogens with zero attached hydrogens (tertiary/aromatic N) is 4. The van der Waals surface area contributed by atoms with Crippen LogP contribution in [0.2, 0.25) is 0 Å². The molecule has 0 radical (unpaired) electrons. The zero-order chi connectivity index (χ0) is 15.9. The third-order valence-corrected chi connectivity index (χ3v) is 6.49. The summed E-state index contributed by atoms with van der Waals surface area (Å²) in [5.41, 5.74) is 3.13. The van der Waals surface area contributed by atoms with E-state index in [0.717, 1.165) is 19.1 Å². The van der Waals surface area contributed by atoms with Gasteiger partial charge < -0.3 is 0 Å². The summed E-state index contributed by atoms with van der Waals surface area (Å²) < 4.78 is 0. The summed E-state index contributed by atoms with van der Waals surface area (Å²) in [6.07, 6.45) is 7.91. The van der Waals surface area contributed by atoms with Crippen molar-refractivity contribution >= 4 is 11.3 Å². The fraction of sp³-hybridized carbons (Fsp3) is 0.647. The van der Waals surface area contributed by atoms with E-state index in [0.29, 0.717) is 5.41 Å². The first-order chi connectivity index (χ1) is 11.2. The summed E-state index contributed by atoms with van der Waals surface area (Å²) in [5.74, 6) is 0. The van der Waals surface area contributed by atoms with Crippen molar-refractivity contribution in [2.75, 3.05) is 20.1 Å². The molecule has 5 nitrogen and oxygen atoms in total. The van der Waals surface area contributed by atoms with Gasteiger partial charge in [-0.2, -0.15) is 5.10 Å². The molecule has 6 heteroatoms. The van der Waals surface area contributed by atoms with Crippen molar-refractivity contribution in [2.45, 2.75) is 45.3 Å². The predicted octanol–water partition coefficient (Wildman–Crippen LogP) is 2.66. The Balaban J connectivity index is 1.29. The Morgan fingerprint density at radius 1 is 1.43 bits per heavy atom. The molecular formula is C17H25N5S. The van der Waals surface area contributed by atoms with Crippen LogP contribution in [0.4, 0.5) is 0 Å². The number of rotatable bonds is 5. The van der Waals surface area contributed by atoms with E-state index in [2.05, 4.69) is 44.3 Å². The topological polar surface area (TPSA) is 48.1 Å². The normalized spacial score (nSPS) is 23.7. The molecule has 1 unspecified atom stereocenters. The highest BCUT2D eigenvalue weighted by Gasteiger charge is 2.56. The molecule has 1 atom stereocenters. The predicted molar refractivity (Wildman–Crippen MR) is 92.3 cm³/mol. The maximum Gasteiger partial charge on any atom is 0.107 e. The number of nitrogens with one attached hydrogen (secondary N) is 1. The molecule has 0 amide bonds. The van der Waals surface area contributed by atoms with E-state index in [1.807, 2.05) is 12.4 Å². The van der Waals surface area contributed by atoms with Crippen molar-refractivity contribution in [2.24, 2.45) is 5.41 Å². The zero-order valence-electron chi connectivity index (χ0n) is 14.0. The minimum absolute atomic E-state index is 0.577. The molecule has 1 saturated heterocycles. The number of H-pyrrole nitrogens is 1. The van der Waals surface area contributed by atoms with Crippen molar-refractivity contribution in [1.82, 2.24) is 25.0 Å². The lowest BCUT2D eigenvalue weighted by Gasteiger charge is -2.34. The van der Waals surface area contributed by atoms with E-state index in [1.165, 1.54) is 48.6 Å². The zero-order valence-corrected chi connectivity index (χ0v) is 14.8. The minimum atomic E-state index is 0.577. The van der Waals surface area contributed by atoms with Gasteiger partial charge in [-0.3, -0.25) is 14.9 Å². The second kappa shape index (κ2) is 6.00. The standard InChI is InChI=1S/C17H25N5S/c1-13-14(10-19-20-13)11-22-6-3-17(4-7-22)9-15(17)21(2)12-16-18-5-8-23-16/h5,8,10,15H,3-4,6-7,9,11-12H2,1-2H3,(H,19,20). The van der Waals surface area contributed by atoms with Crippen LogP contribution in [0, 0.1) is 12.3 Å². The van der Waals surface area contributed by atoms with Gasteiger partial charge >= 0.3 is 0 Å².